The summed E-state index contributed by atoms with van der Waals surface area (Å²) >= 11 is 0. The van der Waals surface area contributed by atoms with Crippen molar-refractivity contribution in [2.24, 2.45) is 18.4 Å². The summed E-state index contributed by atoms with van der Waals surface area (Å²) in [5.74, 6) is 0.921. The molecular formula is C32H37F3N6O. The molecular weight excluding hydrogens is 541 g/mol. The van der Waals surface area contributed by atoms with Crippen LogP contribution in [0.5, 0.6) is 0 Å². The SMILES string of the molecule is C[C@H](c1cc2c(c(C(F)(F)F)c1)CN(c1cccc([C@H](c3nncn3C)C3CCC3)c1)C2=O)N1CC[C@]2(CCNC2)C1. The average molecular weight is 579 g/mol. The molecule has 0 unspecified atom stereocenters. The van der Waals surface area contributed by atoms with Gasteiger partial charge in [-0.25, -0.2) is 0 Å². The predicted octanol–water partition coefficient (Wildman–Crippen LogP) is 5.67. The topological polar surface area (TPSA) is 66.3 Å². The molecule has 0 radical (unpaired) electrons. The number of hydrogen-bond donors (Lipinski definition) is 1. The maximum absolute atomic E-state index is 14.5. The van der Waals surface area contributed by atoms with Crippen molar-refractivity contribution in [1.29, 1.82) is 0 Å². The van der Waals surface area contributed by atoms with Crippen LogP contribution >= 0.6 is 0 Å². The standard InChI is InChI=1S/C32H37F3N6O/c1-20(40-12-10-31(18-40)9-11-36-17-31)23-14-25-26(27(15-23)32(33,34)35)16-41(30(25)42)24-8-4-7-22(13-24)28(21-5-3-6-21)29-38-37-19-39(29)2/h4,7-8,13-15,19-21,28,36H,3,5-6,9-12,16-18H2,1-2H3/t20-,28-,31+/m1/s1. The highest BCUT2D eigenvalue weighted by molar-refractivity contribution is 6.10. The lowest BCUT2D eigenvalue weighted by molar-refractivity contribution is -0.138. The number of hydrogen-bond acceptors (Lipinski definition) is 5. The molecule has 2 aromatic carbocycles. The third-order valence-electron chi connectivity index (χ3n) is 10.4. The smallest absolute Gasteiger partial charge is 0.320 e. The summed E-state index contributed by atoms with van der Waals surface area (Å²) in [4.78, 5) is 17.6. The van der Waals surface area contributed by atoms with Crippen LogP contribution < -0.4 is 10.2 Å². The van der Waals surface area contributed by atoms with E-state index in [-0.39, 0.29) is 41.0 Å². The highest BCUT2D eigenvalue weighted by atomic mass is 19.4. The molecule has 42 heavy (non-hydrogen) atoms. The van der Waals surface area contributed by atoms with Crippen molar-refractivity contribution in [3.63, 3.8) is 0 Å². The Hall–Kier alpha value is -3.24. The number of likely N-dealkylation sites (tertiary alicyclic amines) is 1. The molecule has 1 aliphatic carbocycles. The molecule has 2 saturated heterocycles. The first-order chi connectivity index (χ1) is 20.1. The molecule has 3 fully saturated rings. The van der Waals surface area contributed by atoms with Crippen LogP contribution in [0.25, 0.3) is 0 Å². The van der Waals surface area contributed by atoms with Crippen molar-refractivity contribution in [2.75, 3.05) is 31.1 Å². The second-order valence-corrected chi connectivity index (χ2v) is 12.9. The maximum atomic E-state index is 14.5. The van der Waals surface area contributed by atoms with E-state index >= 15 is 0 Å². The van der Waals surface area contributed by atoms with Gasteiger partial charge in [0.25, 0.3) is 5.91 Å². The third-order valence-corrected chi connectivity index (χ3v) is 10.4. The minimum absolute atomic E-state index is 0.0169. The van der Waals surface area contributed by atoms with E-state index in [0.717, 1.165) is 69.7 Å². The average Bonchev–Trinajstić information content (AvgIpc) is 3.74. The van der Waals surface area contributed by atoms with Crippen LogP contribution in [0.1, 0.15) is 89.4 Å². The first-order valence-corrected chi connectivity index (χ1v) is 15.1. The zero-order valence-electron chi connectivity index (χ0n) is 24.1. The van der Waals surface area contributed by atoms with Gasteiger partial charge in [-0.3, -0.25) is 9.69 Å². The number of carbonyl (C=O) groups is 1. The molecule has 3 aromatic rings. The summed E-state index contributed by atoms with van der Waals surface area (Å²) < 4.78 is 45.4. The number of nitrogens with one attached hydrogen (secondary N) is 1. The number of aryl methyl sites for hydroxylation is 1. The first kappa shape index (κ1) is 27.6. The molecule has 1 aromatic heterocycles. The molecule has 4 heterocycles. The van der Waals surface area contributed by atoms with Gasteiger partial charge in [-0.15, -0.1) is 10.2 Å². The Balaban J connectivity index is 1.21. The van der Waals surface area contributed by atoms with Crippen LogP contribution in [0.4, 0.5) is 18.9 Å². The molecule has 0 bridgehead atoms. The fraction of sp³-hybridized carbons (Fsp3) is 0.531. The molecule has 1 amide bonds. The Morgan fingerprint density at radius 1 is 1.12 bits per heavy atom. The second kappa shape index (κ2) is 10.2. The Kier molecular flexibility index (Phi) is 6.69. The van der Waals surface area contributed by atoms with E-state index in [1.165, 1.54) is 11.0 Å². The molecule has 4 aliphatic rings. The van der Waals surface area contributed by atoms with Gasteiger partial charge in [0, 0.05) is 43.3 Å². The lowest BCUT2D eigenvalue weighted by atomic mass is 9.72. The summed E-state index contributed by atoms with van der Waals surface area (Å²) in [5.41, 5.74) is 1.91. The predicted molar refractivity (Wildman–Crippen MR) is 153 cm³/mol. The summed E-state index contributed by atoms with van der Waals surface area (Å²) in [5, 5.41) is 11.9. The molecule has 3 aliphatic heterocycles. The summed E-state index contributed by atoms with van der Waals surface area (Å²) in [7, 11) is 1.93. The lowest BCUT2D eigenvalue weighted by Crippen LogP contribution is -2.31. The fourth-order valence-electron chi connectivity index (χ4n) is 7.65. The van der Waals surface area contributed by atoms with E-state index in [1.54, 1.807) is 12.4 Å². The molecule has 1 N–H and O–H groups in total. The van der Waals surface area contributed by atoms with Crippen molar-refractivity contribution >= 4 is 11.6 Å². The number of benzene rings is 2. The van der Waals surface area contributed by atoms with Crippen molar-refractivity contribution < 1.29 is 18.0 Å². The Morgan fingerprint density at radius 3 is 2.62 bits per heavy atom. The number of alkyl halides is 3. The van der Waals surface area contributed by atoms with E-state index in [4.69, 9.17) is 0 Å². The summed E-state index contributed by atoms with van der Waals surface area (Å²) in [6, 6.07) is 10.5. The van der Waals surface area contributed by atoms with Gasteiger partial charge in [0.15, 0.2) is 0 Å². The molecule has 10 heteroatoms. The van der Waals surface area contributed by atoms with Gasteiger partial charge in [0.05, 0.1) is 12.1 Å². The first-order valence-electron chi connectivity index (χ1n) is 15.1. The van der Waals surface area contributed by atoms with E-state index in [2.05, 4.69) is 20.4 Å². The quantitative estimate of drug-likeness (QED) is 0.408. The number of aromatic nitrogens is 3. The van der Waals surface area contributed by atoms with Crippen LogP contribution in [0.15, 0.2) is 42.7 Å². The number of amides is 1. The Bertz CT molecular complexity index is 1510. The largest absolute Gasteiger partial charge is 0.416 e. The molecule has 7 rings (SSSR count). The van der Waals surface area contributed by atoms with E-state index in [0.29, 0.717) is 17.2 Å². The molecule has 7 nitrogen and oxygen atoms in total. The van der Waals surface area contributed by atoms with Crippen molar-refractivity contribution in [1.82, 2.24) is 25.0 Å². The van der Waals surface area contributed by atoms with Crippen molar-refractivity contribution in [3.05, 3.63) is 76.4 Å². The number of anilines is 1. The van der Waals surface area contributed by atoms with Crippen molar-refractivity contribution in [3.8, 4) is 0 Å². The van der Waals surface area contributed by atoms with E-state index in [9.17, 15) is 18.0 Å². The van der Waals surface area contributed by atoms with Gasteiger partial charge in [-0.1, -0.05) is 18.6 Å². The number of rotatable bonds is 6. The minimum Gasteiger partial charge on any atom is -0.320 e. The number of carbonyl (C=O) groups excluding carboxylic acids is 1. The Labute approximate surface area is 244 Å². The summed E-state index contributed by atoms with van der Waals surface area (Å²) in [6.45, 7) is 5.53. The number of nitrogens with zero attached hydrogens (tertiary/aromatic N) is 5. The van der Waals surface area contributed by atoms with Gasteiger partial charge in [-0.2, -0.15) is 13.2 Å². The van der Waals surface area contributed by atoms with Gasteiger partial charge in [-0.05, 0) is 98.0 Å². The van der Waals surface area contributed by atoms with Crippen LogP contribution in [-0.4, -0.2) is 51.8 Å². The second-order valence-electron chi connectivity index (χ2n) is 12.9. The van der Waals surface area contributed by atoms with Crippen LogP contribution in [0.3, 0.4) is 0 Å². The highest BCUT2D eigenvalue weighted by Gasteiger charge is 2.44. The molecule has 1 spiro atoms. The zero-order chi connectivity index (χ0) is 29.2. The van der Waals surface area contributed by atoms with Gasteiger partial charge in [0.2, 0.25) is 0 Å². The van der Waals surface area contributed by atoms with Gasteiger partial charge >= 0.3 is 6.18 Å². The van der Waals surface area contributed by atoms with Gasteiger partial charge < -0.3 is 14.8 Å². The number of fused-ring (bicyclic) bond motifs is 1. The highest BCUT2D eigenvalue weighted by Crippen LogP contribution is 2.46. The van der Waals surface area contributed by atoms with Crippen LogP contribution in [0, 0.1) is 11.3 Å². The third kappa shape index (κ3) is 4.63. The minimum atomic E-state index is -4.56. The monoisotopic (exact) mass is 578 g/mol. The zero-order valence-corrected chi connectivity index (χ0v) is 24.1. The molecule has 3 atom stereocenters. The molecule has 1 saturated carbocycles. The van der Waals surface area contributed by atoms with Crippen LogP contribution in [0.2, 0.25) is 0 Å². The van der Waals surface area contributed by atoms with Gasteiger partial charge in [0.1, 0.15) is 12.2 Å². The van der Waals surface area contributed by atoms with Crippen LogP contribution in [-0.2, 0) is 19.8 Å². The maximum Gasteiger partial charge on any atom is 0.416 e. The van der Waals surface area contributed by atoms with E-state index in [1.807, 2.05) is 42.8 Å². The fourth-order valence-corrected chi connectivity index (χ4v) is 7.65. The molecule has 222 valence electrons. The lowest BCUT2D eigenvalue weighted by Gasteiger charge is -2.33. The number of halogens is 3. The Morgan fingerprint density at radius 2 is 1.95 bits per heavy atom. The summed E-state index contributed by atoms with van der Waals surface area (Å²) in [6.07, 6.45) is 2.60. The normalized spacial score (nSPS) is 24.4. The van der Waals surface area contributed by atoms with Crippen molar-refractivity contribution in [2.45, 2.75) is 63.7 Å². The van der Waals surface area contributed by atoms with E-state index < -0.39 is 11.7 Å².